The topological polar surface area (TPSA) is 59.2 Å². The Kier molecular flexibility index (Phi) is 4.74. The van der Waals surface area contributed by atoms with Crippen LogP contribution in [0, 0.1) is 5.92 Å². The van der Waals surface area contributed by atoms with E-state index in [2.05, 4.69) is 10.1 Å². The summed E-state index contributed by atoms with van der Waals surface area (Å²) in [4.78, 5) is 18.5. The van der Waals surface area contributed by atoms with Gasteiger partial charge in [0.05, 0.1) is 6.54 Å². The third-order valence-electron chi connectivity index (χ3n) is 5.57. The summed E-state index contributed by atoms with van der Waals surface area (Å²) in [6.45, 7) is 0.617. The molecule has 2 aromatic rings. The Hall–Kier alpha value is -2.24. The van der Waals surface area contributed by atoms with E-state index in [1.165, 1.54) is 12.8 Å². The summed E-state index contributed by atoms with van der Waals surface area (Å²) in [5.74, 6) is 0.884. The molecule has 1 aromatic heterocycles. The van der Waals surface area contributed by atoms with Gasteiger partial charge >= 0.3 is 0 Å². The molecule has 0 spiro atoms. The largest absolute Gasteiger partial charge is 0.339 e. The van der Waals surface area contributed by atoms with Crippen molar-refractivity contribution in [2.24, 2.45) is 5.92 Å². The van der Waals surface area contributed by atoms with Crippen LogP contribution in [0.25, 0.3) is 11.4 Å². The highest BCUT2D eigenvalue weighted by Gasteiger charge is 2.44. The van der Waals surface area contributed by atoms with Crippen LogP contribution < -0.4 is 0 Å². The average molecular weight is 357 g/mol. The Morgan fingerprint density at radius 1 is 1.23 bits per heavy atom. The molecule has 1 saturated carbocycles. The summed E-state index contributed by atoms with van der Waals surface area (Å²) in [7, 11) is 0. The van der Waals surface area contributed by atoms with Gasteiger partial charge < -0.3 is 9.42 Å². The fourth-order valence-electron chi connectivity index (χ4n) is 4.10. The van der Waals surface area contributed by atoms with Crippen LogP contribution >= 0.6 is 0 Å². The second kappa shape index (κ2) is 7.17. The van der Waals surface area contributed by atoms with Crippen LogP contribution in [0.2, 0.25) is 0 Å². The van der Waals surface area contributed by atoms with Crippen LogP contribution in [0.5, 0.6) is 0 Å². The van der Waals surface area contributed by atoms with Crippen molar-refractivity contribution < 1.29 is 13.7 Å². The Morgan fingerprint density at radius 3 is 2.77 bits per heavy atom. The van der Waals surface area contributed by atoms with E-state index in [4.69, 9.17) is 4.52 Å². The summed E-state index contributed by atoms with van der Waals surface area (Å²) in [6, 6.07) is 9.37. The number of hydrogen-bond donors (Lipinski definition) is 0. The zero-order chi connectivity index (χ0) is 18.0. The van der Waals surface area contributed by atoms with Gasteiger partial charge in [0.15, 0.2) is 0 Å². The molecular weight excluding hydrogens is 333 g/mol. The van der Waals surface area contributed by atoms with Gasteiger partial charge in [0.25, 0.3) is 5.89 Å². The van der Waals surface area contributed by atoms with Crippen LogP contribution in [0.3, 0.4) is 0 Å². The number of carbonyl (C=O) groups is 1. The third kappa shape index (κ3) is 3.50. The van der Waals surface area contributed by atoms with Gasteiger partial charge in [-0.15, -0.1) is 0 Å². The van der Waals surface area contributed by atoms with Crippen LogP contribution in [-0.2, 0) is 10.5 Å². The number of aromatic nitrogens is 2. The van der Waals surface area contributed by atoms with E-state index in [0.717, 1.165) is 18.4 Å². The SMILES string of the molecule is O=C(CC1CCCC1)N1CCCC(F)(c2nc(-c3ccccc3)no2)C1. The summed E-state index contributed by atoms with van der Waals surface area (Å²) in [5, 5.41) is 3.93. The van der Waals surface area contributed by atoms with E-state index >= 15 is 4.39 Å². The number of hydrogen-bond acceptors (Lipinski definition) is 4. The lowest BCUT2D eigenvalue weighted by Crippen LogP contribution is -2.46. The maximum absolute atomic E-state index is 15.6. The summed E-state index contributed by atoms with van der Waals surface area (Å²) < 4.78 is 20.8. The molecule has 1 aliphatic heterocycles. The van der Waals surface area contributed by atoms with Gasteiger partial charge in [0.2, 0.25) is 17.4 Å². The van der Waals surface area contributed by atoms with Crippen molar-refractivity contribution in [1.82, 2.24) is 15.0 Å². The van der Waals surface area contributed by atoms with Gasteiger partial charge in [-0.3, -0.25) is 4.79 Å². The molecule has 0 bridgehead atoms. The number of likely N-dealkylation sites (tertiary alicyclic amines) is 1. The number of amides is 1. The van der Waals surface area contributed by atoms with Gasteiger partial charge in [0, 0.05) is 18.5 Å². The fourth-order valence-corrected chi connectivity index (χ4v) is 4.10. The Morgan fingerprint density at radius 2 is 2.00 bits per heavy atom. The predicted octanol–water partition coefficient (Wildman–Crippen LogP) is 4.10. The molecule has 2 heterocycles. The zero-order valence-electron chi connectivity index (χ0n) is 14.9. The summed E-state index contributed by atoms with van der Waals surface area (Å²) in [5.41, 5.74) is -0.972. The maximum atomic E-state index is 15.6. The Bertz CT molecular complexity index is 757. The number of alkyl halides is 1. The van der Waals surface area contributed by atoms with Gasteiger partial charge in [-0.2, -0.15) is 4.98 Å². The number of halogens is 1. The van der Waals surface area contributed by atoms with Crippen molar-refractivity contribution in [3.05, 3.63) is 36.2 Å². The molecule has 1 amide bonds. The first-order valence-electron chi connectivity index (χ1n) is 9.50. The first-order chi connectivity index (χ1) is 12.6. The minimum atomic E-state index is -1.76. The maximum Gasteiger partial charge on any atom is 0.266 e. The average Bonchev–Trinajstić information content (AvgIpc) is 3.35. The predicted molar refractivity (Wildman–Crippen MR) is 94.9 cm³/mol. The van der Waals surface area contributed by atoms with E-state index in [0.29, 0.717) is 37.5 Å². The van der Waals surface area contributed by atoms with Gasteiger partial charge in [-0.25, -0.2) is 4.39 Å². The van der Waals surface area contributed by atoms with E-state index in [1.54, 1.807) is 4.90 Å². The molecule has 2 fully saturated rings. The molecule has 26 heavy (non-hydrogen) atoms. The minimum absolute atomic E-state index is 0.00891. The number of rotatable bonds is 4. The molecule has 2 aliphatic rings. The van der Waals surface area contributed by atoms with Crippen LogP contribution in [-0.4, -0.2) is 34.0 Å². The second-order valence-corrected chi connectivity index (χ2v) is 7.53. The molecule has 1 aromatic carbocycles. The van der Waals surface area contributed by atoms with Gasteiger partial charge in [-0.05, 0) is 31.6 Å². The van der Waals surface area contributed by atoms with Crippen molar-refractivity contribution in [3.8, 4) is 11.4 Å². The normalized spacial score (nSPS) is 24.1. The van der Waals surface area contributed by atoms with Crippen LogP contribution in [0.4, 0.5) is 4.39 Å². The molecule has 5 nitrogen and oxygen atoms in total. The first kappa shape index (κ1) is 17.2. The van der Waals surface area contributed by atoms with Crippen molar-refractivity contribution in [2.75, 3.05) is 13.1 Å². The summed E-state index contributed by atoms with van der Waals surface area (Å²) in [6.07, 6.45) is 6.08. The zero-order valence-corrected chi connectivity index (χ0v) is 14.9. The molecule has 1 saturated heterocycles. The fraction of sp³-hybridized carbons (Fsp3) is 0.550. The van der Waals surface area contributed by atoms with E-state index in [9.17, 15) is 4.79 Å². The Labute approximate surface area is 152 Å². The lowest BCUT2D eigenvalue weighted by molar-refractivity contribution is -0.137. The molecule has 138 valence electrons. The molecule has 0 radical (unpaired) electrons. The lowest BCUT2D eigenvalue weighted by Gasteiger charge is -2.35. The first-order valence-corrected chi connectivity index (χ1v) is 9.50. The Balaban J connectivity index is 1.47. The highest BCUT2D eigenvalue weighted by Crippen LogP contribution is 2.36. The molecule has 1 aliphatic carbocycles. The highest BCUT2D eigenvalue weighted by atomic mass is 19.1. The number of piperidine rings is 1. The van der Waals surface area contributed by atoms with Gasteiger partial charge in [0.1, 0.15) is 0 Å². The minimum Gasteiger partial charge on any atom is -0.339 e. The summed E-state index contributed by atoms with van der Waals surface area (Å²) >= 11 is 0. The van der Waals surface area contributed by atoms with Crippen molar-refractivity contribution in [3.63, 3.8) is 0 Å². The van der Waals surface area contributed by atoms with E-state index < -0.39 is 5.67 Å². The molecule has 1 unspecified atom stereocenters. The van der Waals surface area contributed by atoms with Crippen LogP contribution in [0.1, 0.15) is 50.8 Å². The molecule has 0 N–H and O–H groups in total. The van der Waals surface area contributed by atoms with Crippen molar-refractivity contribution in [2.45, 2.75) is 50.6 Å². The third-order valence-corrected chi connectivity index (χ3v) is 5.57. The van der Waals surface area contributed by atoms with Crippen molar-refractivity contribution in [1.29, 1.82) is 0 Å². The van der Waals surface area contributed by atoms with Crippen LogP contribution in [0.15, 0.2) is 34.9 Å². The van der Waals surface area contributed by atoms with Gasteiger partial charge in [-0.1, -0.05) is 48.3 Å². The molecule has 1 atom stereocenters. The second-order valence-electron chi connectivity index (χ2n) is 7.53. The van der Waals surface area contributed by atoms with E-state index in [-0.39, 0.29) is 18.3 Å². The quantitative estimate of drug-likeness (QED) is 0.826. The number of carbonyl (C=O) groups excluding carboxylic acids is 1. The standard InChI is InChI=1S/C20H24FN3O2/c21-20(19-22-18(23-26-19)16-9-2-1-3-10-16)11-6-12-24(14-20)17(25)13-15-7-4-5-8-15/h1-3,9-10,15H,4-8,11-14H2. The lowest BCUT2D eigenvalue weighted by atomic mass is 9.93. The molecular formula is C20H24FN3O2. The number of nitrogens with zero attached hydrogens (tertiary/aromatic N) is 3. The number of benzene rings is 1. The van der Waals surface area contributed by atoms with Crippen molar-refractivity contribution >= 4 is 5.91 Å². The molecule has 4 rings (SSSR count). The molecule has 6 heteroatoms. The highest BCUT2D eigenvalue weighted by molar-refractivity contribution is 5.76. The smallest absolute Gasteiger partial charge is 0.266 e. The van der Waals surface area contributed by atoms with E-state index in [1.807, 2.05) is 30.3 Å². The monoisotopic (exact) mass is 357 g/mol.